The summed E-state index contributed by atoms with van der Waals surface area (Å²) in [6, 6.07) is 1.73. The summed E-state index contributed by atoms with van der Waals surface area (Å²) in [5.74, 6) is 1.03. The van der Waals surface area contributed by atoms with Crippen LogP contribution in [0.15, 0.2) is 10.6 Å². The molecule has 1 N–H and O–H groups in total. The molecular weight excluding hydrogens is 286 g/mol. The quantitative estimate of drug-likeness (QED) is 0.809. The molecular formula is C15H21N3O4. The van der Waals surface area contributed by atoms with Gasteiger partial charge in [0.1, 0.15) is 5.76 Å². The zero-order chi connectivity index (χ0) is 15.7. The number of nitrogens with zero attached hydrogens (tertiary/aromatic N) is 2. The number of hydrogen-bond acceptors (Lipinski definition) is 6. The molecule has 7 nitrogen and oxygen atoms in total. The molecule has 3 rings (SSSR count). The molecule has 1 saturated carbocycles. The highest BCUT2D eigenvalue weighted by atomic mass is 16.5. The molecule has 1 saturated heterocycles. The average Bonchev–Trinajstić information content (AvgIpc) is 3.12. The Bertz CT molecular complexity index is 567. The third-order valence-corrected chi connectivity index (χ3v) is 4.33. The van der Waals surface area contributed by atoms with Crippen LogP contribution >= 0.6 is 0 Å². The standard InChI is InChI=1S/C15H21N3O4/c1-9-6-18(8-14(19)21-2)7-12(9)16-15(20)11-5-13(22-17-11)10-3-4-10/h5,9-10,12H,3-4,6-8H2,1-2H3,(H,16,20). The second-order valence-corrected chi connectivity index (χ2v) is 6.22. The lowest BCUT2D eigenvalue weighted by molar-refractivity contribution is -0.141. The Kier molecular flexibility index (Phi) is 4.15. The maximum Gasteiger partial charge on any atom is 0.319 e. The van der Waals surface area contributed by atoms with Gasteiger partial charge in [-0.05, 0) is 18.8 Å². The molecule has 2 aliphatic rings. The molecule has 2 atom stereocenters. The number of rotatable bonds is 5. The van der Waals surface area contributed by atoms with Crippen molar-refractivity contribution in [3.63, 3.8) is 0 Å². The summed E-state index contributed by atoms with van der Waals surface area (Å²) >= 11 is 0. The van der Waals surface area contributed by atoms with Gasteiger partial charge >= 0.3 is 5.97 Å². The molecule has 22 heavy (non-hydrogen) atoms. The van der Waals surface area contributed by atoms with Crippen LogP contribution in [0.1, 0.15) is 41.9 Å². The molecule has 0 radical (unpaired) electrons. The normalized spacial score (nSPS) is 25.2. The van der Waals surface area contributed by atoms with Crippen molar-refractivity contribution >= 4 is 11.9 Å². The first-order chi connectivity index (χ1) is 10.6. The molecule has 0 aromatic carbocycles. The number of nitrogens with one attached hydrogen (secondary N) is 1. The lowest BCUT2D eigenvalue weighted by Gasteiger charge is -2.15. The van der Waals surface area contributed by atoms with Gasteiger partial charge in [0, 0.05) is 31.1 Å². The average molecular weight is 307 g/mol. The van der Waals surface area contributed by atoms with Gasteiger partial charge in [-0.15, -0.1) is 0 Å². The Hall–Kier alpha value is -1.89. The second kappa shape index (κ2) is 6.08. The van der Waals surface area contributed by atoms with Crippen molar-refractivity contribution in [3.05, 3.63) is 17.5 Å². The van der Waals surface area contributed by atoms with Crippen molar-refractivity contribution in [1.82, 2.24) is 15.4 Å². The molecule has 1 aromatic rings. The number of aromatic nitrogens is 1. The number of ether oxygens (including phenoxy) is 1. The number of hydrogen-bond donors (Lipinski definition) is 1. The zero-order valence-corrected chi connectivity index (χ0v) is 12.9. The number of carbonyl (C=O) groups excluding carboxylic acids is 2. The fourth-order valence-electron chi connectivity index (χ4n) is 2.83. The van der Waals surface area contributed by atoms with E-state index in [4.69, 9.17) is 4.52 Å². The van der Waals surface area contributed by atoms with Crippen molar-refractivity contribution in [2.45, 2.75) is 31.7 Å². The molecule has 1 amide bonds. The number of esters is 1. The molecule has 120 valence electrons. The SMILES string of the molecule is COC(=O)CN1CC(C)C(NC(=O)c2cc(C3CC3)on2)C1. The zero-order valence-electron chi connectivity index (χ0n) is 12.9. The van der Waals surface area contributed by atoms with Gasteiger partial charge in [0.05, 0.1) is 13.7 Å². The van der Waals surface area contributed by atoms with Crippen LogP contribution in [-0.4, -0.2) is 54.7 Å². The van der Waals surface area contributed by atoms with Crippen LogP contribution in [0.25, 0.3) is 0 Å². The van der Waals surface area contributed by atoms with Crippen molar-refractivity contribution in [2.24, 2.45) is 5.92 Å². The van der Waals surface area contributed by atoms with Gasteiger partial charge < -0.3 is 14.6 Å². The van der Waals surface area contributed by atoms with Crippen molar-refractivity contribution in [3.8, 4) is 0 Å². The van der Waals surface area contributed by atoms with E-state index in [0.717, 1.165) is 25.1 Å². The van der Waals surface area contributed by atoms with Gasteiger partial charge in [0.2, 0.25) is 0 Å². The number of amides is 1. The summed E-state index contributed by atoms with van der Waals surface area (Å²) in [5, 5.41) is 6.83. The first-order valence-electron chi connectivity index (χ1n) is 7.63. The monoisotopic (exact) mass is 307 g/mol. The first-order valence-corrected chi connectivity index (χ1v) is 7.63. The molecule has 0 bridgehead atoms. The molecule has 0 spiro atoms. The Balaban J connectivity index is 1.55. The van der Waals surface area contributed by atoms with Crippen LogP contribution in [-0.2, 0) is 9.53 Å². The van der Waals surface area contributed by atoms with E-state index in [1.807, 2.05) is 4.90 Å². The van der Waals surface area contributed by atoms with E-state index in [-0.39, 0.29) is 30.4 Å². The summed E-state index contributed by atoms with van der Waals surface area (Å²) in [6.45, 7) is 3.70. The lowest BCUT2D eigenvalue weighted by Crippen LogP contribution is -2.40. The number of likely N-dealkylation sites (tertiary alicyclic amines) is 1. The maximum absolute atomic E-state index is 12.2. The lowest BCUT2D eigenvalue weighted by atomic mass is 10.1. The van der Waals surface area contributed by atoms with Gasteiger partial charge in [0.15, 0.2) is 5.69 Å². The maximum atomic E-state index is 12.2. The largest absolute Gasteiger partial charge is 0.468 e. The van der Waals surface area contributed by atoms with Crippen LogP contribution in [0.2, 0.25) is 0 Å². The highest BCUT2D eigenvalue weighted by Gasteiger charge is 2.33. The minimum Gasteiger partial charge on any atom is -0.468 e. The van der Waals surface area contributed by atoms with E-state index in [1.54, 1.807) is 6.07 Å². The van der Waals surface area contributed by atoms with Crippen molar-refractivity contribution < 1.29 is 18.8 Å². The van der Waals surface area contributed by atoms with E-state index in [2.05, 4.69) is 22.1 Å². The second-order valence-electron chi connectivity index (χ2n) is 6.22. The molecule has 1 aliphatic carbocycles. The molecule has 7 heteroatoms. The summed E-state index contributed by atoms with van der Waals surface area (Å²) in [4.78, 5) is 25.6. The predicted octanol–water partition coefficient (Wildman–Crippen LogP) is 0.775. The van der Waals surface area contributed by atoms with Crippen LogP contribution in [0, 0.1) is 5.92 Å². The summed E-state index contributed by atoms with van der Waals surface area (Å²) < 4.78 is 9.88. The molecule has 2 heterocycles. The Morgan fingerprint density at radius 3 is 2.91 bits per heavy atom. The van der Waals surface area contributed by atoms with Crippen molar-refractivity contribution in [1.29, 1.82) is 0 Å². The Labute approximate surface area is 129 Å². The van der Waals surface area contributed by atoms with E-state index in [0.29, 0.717) is 18.2 Å². The summed E-state index contributed by atoms with van der Waals surface area (Å²) in [6.07, 6.45) is 2.22. The van der Waals surface area contributed by atoms with E-state index in [1.165, 1.54) is 7.11 Å². The third-order valence-electron chi connectivity index (χ3n) is 4.33. The third kappa shape index (κ3) is 3.30. The van der Waals surface area contributed by atoms with Crippen LogP contribution in [0.5, 0.6) is 0 Å². The summed E-state index contributed by atoms with van der Waals surface area (Å²) in [5.41, 5.74) is 0.334. The smallest absolute Gasteiger partial charge is 0.319 e. The molecule has 2 unspecified atom stereocenters. The minimum absolute atomic E-state index is 0.00164. The highest BCUT2D eigenvalue weighted by molar-refractivity contribution is 5.92. The molecule has 1 aliphatic heterocycles. The predicted molar refractivity (Wildman–Crippen MR) is 77.4 cm³/mol. The van der Waals surface area contributed by atoms with Crippen LogP contribution in [0.3, 0.4) is 0 Å². The van der Waals surface area contributed by atoms with Gasteiger partial charge in [-0.25, -0.2) is 0 Å². The molecule has 2 fully saturated rings. The van der Waals surface area contributed by atoms with Gasteiger partial charge in [0.25, 0.3) is 5.91 Å². The van der Waals surface area contributed by atoms with Crippen LogP contribution in [0.4, 0.5) is 0 Å². The minimum atomic E-state index is -0.259. The topological polar surface area (TPSA) is 84.7 Å². The fraction of sp³-hybridized carbons (Fsp3) is 0.667. The van der Waals surface area contributed by atoms with E-state index in [9.17, 15) is 9.59 Å². The van der Waals surface area contributed by atoms with E-state index < -0.39 is 0 Å². The Morgan fingerprint density at radius 1 is 1.45 bits per heavy atom. The first kappa shape index (κ1) is 15.0. The number of methoxy groups -OCH3 is 1. The highest BCUT2D eigenvalue weighted by Crippen LogP contribution is 2.40. The Morgan fingerprint density at radius 2 is 2.23 bits per heavy atom. The van der Waals surface area contributed by atoms with Crippen molar-refractivity contribution in [2.75, 3.05) is 26.7 Å². The fourth-order valence-corrected chi connectivity index (χ4v) is 2.83. The van der Waals surface area contributed by atoms with Gasteiger partial charge in [-0.2, -0.15) is 0 Å². The number of carbonyl (C=O) groups is 2. The summed E-state index contributed by atoms with van der Waals surface area (Å²) in [7, 11) is 1.38. The van der Waals surface area contributed by atoms with Crippen LogP contribution < -0.4 is 5.32 Å². The van der Waals surface area contributed by atoms with Gasteiger partial charge in [-0.1, -0.05) is 12.1 Å². The molecule has 1 aromatic heterocycles. The van der Waals surface area contributed by atoms with E-state index >= 15 is 0 Å². The van der Waals surface area contributed by atoms with Gasteiger partial charge in [-0.3, -0.25) is 14.5 Å².